The van der Waals surface area contributed by atoms with Crippen LogP contribution in [0.1, 0.15) is 36.6 Å². The number of hydrogen-bond donors (Lipinski definition) is 0. The number of halogens is 2. The lowest BCUT2D eigenvalue weighted by molar-refractivity contribution is -0.129. The first-order chi connectivity index (χ1) is 12.3. The molecule has 1 aromatic carbocycles. The Morgan fingerprint density at radius 1 is 1.23 bits per heavy atom. The first-order valence-electron chi connectivity index (χ1n) is 7.95. The fraction of sp³-hybridized carbons (Fsp3) is 0.278. The predicted octanol–water partition coefficient (Wildman–Crippen LogP) is 3.49. The Labute approximate surface area is 148 Å². The van der Waals surface area contributed by atoms with E-state index in [1.54, 1.807) is 24.0 Å². The number of aliphatic imine (C=N–C) groups is 1. The largest absolute Gasteiger partial charge is 0.435 e. The average Bonchev–Trinajstić information content (AvgIpc) is 3.11. The lowest BCUT2D eigenvalue weighted by Gasteiger charge is -2.04. The number of aromatic nitrogens is 2. The van der Waals surface area contributed by atoms with E-state index >= 15 is 0 Å². The van der Waals surface area contributed by atoms with Gasteiger partial charge >= 0.3 is 12.6 Å². The van der Waals surface area contributed by atoms with Gasteiger partial charge in [0.1, 0.15) is 5.75 Å². The summed E-state index contributed by atoms with van der Waals surface area (Å²) in [5, 5.41) is 4.38. The quantitative estimate of drug-likeness (QED) is 0.604. The summed E-state index contributed by atoms with van der Waals surface area (Å²) >= 11 is 0. The van der Waals surface area contributed by atoms with Gasteiger partial charge in [-0.15, -0.1) is 0 Å². The molecule has 136 valence electrons. The second kappa shape index (κ2) is 7.07. The molecule has 0 aliphatic carbocycles. The van der Waals surface area contributed by atoms with E-state index in [0.717, 1.165) is 11.3 Å². The first kappa shape index (κ1) is 17.8. The maximum atomic E-state index is 12.2. The summed E-state index contributed by atoms with van der Waals surface area (Å²) in [5.41, 5.74) is 2.28. The van der Waals surface area contributed by atoms with Crippen molar-refractivity contribution in [3.8, 4) is 5.75 Å². The van der Waals surface area contributed by atoms with Crippen LogP contribution in [0.15, 0.2) is 41.2 Å². The lowest BCUT2D eigenvalue weighted by atomic mass is 10.1. The van der Waals surface area contributed by atoms with Gasteiger partial charge in [-0.3, -0.25) is 4.68 Å². The highest BCUT2D eigenvalue weighted by atomic mass is 19.3. The van der Waals surface area contributed by atoms with Crippen LogP contribution in [-0.4, -0.2) is 28.3 Å². The van der Waals surface area contributed by atoms with Crippen molar-refractivity contribution < 1.29 is 23.0 Å². The summed E-state index contributed by atoms with van der Waals surface area (Å²) in [6.45, 7) is 1.12. The second-order valence-corrected chi connectivity index (χ2v) is 6.04. The Kier molecular flexibility index (Phi) is 4.83. The Balaban J connectivity index is 1.87. The number of ether oxygens (including phenoxy) is 2. The molecule has 0 amide bonds. The monoisotopic (exact) mass is 361 g/mol. The second-order valence-electron chi connectivity index (χ2n) is 6.04. The van der Waals surface area contributed by atoms with Crippen LogP contribution in [0, 0.1) is 0 Å². The molecule has 1 aliphatic heterocycles. The number of cyclic esters (lactones) is 1. The van der Waals surface area contributed by atoms with Gasteiger partial charge in [-0.05, 0) is 36.3 Å². The Morgan fingerprint density at radius 3 is 2.54 bits per heavy atom. The summed E-state index contributed by atoms with van der Waals surface area (Å²) in [7, 11) is 1.80. The van der Waals surface area contributed by atoms with Gasteiger partial charge in [0.25, 0.3) is 0 Å². The number of rotatable bonds is 5. The molecule has 6 nitrogen and oxygen atoms in total. The summed E-state index contributed by atoms with van der Waals surface area (Å²) in [4.78, 5) is 16.3. The molecule has 0 saturated carbocycles. The smallest absolute Gasteiger partial charge is 0.387 e. The van der Waals surface area contributed by atoms with E-state index in [2.05, 4.69) is 14.8 Å². The van der Waals surface area contributed by atoms with Crippen molar-refractivity contribution in [3.05, 3.63) is 53.0 Å². The van der Waals surface area contributed by atoms with E-state index in [1.807, 2.05) is 13.8 Å². The molecule has 3 rings (SSSR count). The van der Waals surface area contributed by atoms with Gasteiger partial charge in [0.05, 0.1) is 5.69 Å². The van der Waals surface area contributed by atoms with Crippen LogP contribution >= 0.6 is 0 Å². The van der Waals surface area contributed by atoms with Crippen LogP contribution in [0.5, 0.6) is 5.75 Å². The maximum absolute atomic E-state index is 12.2. The van der Waals surface area contributed by atoms with Crippen molar-refractivity contribution in [1.29, 1.82) is 0 Å². The van der Waals surface area contributed by atoms with Gasteiger partial charge < -0.3 is 9.47 Å². The van der Waals surface area contributed by atoms with E-state index in [-0.39, 0.29) is 23.3 Å². The molecule has 2 aromatic rings. The van der Waals surface area contributed by atoms with Gasteiger partial charge in [0.2, 0.25) is 5.90 Å². The molecule has 0 atom stereocenters. The number of nitrogens with zero attached hydrogens (tertiary/aromatic N) is 3. The minimum Gasteiger partial charge on any atom is -0.435 e. The van der Waals surface area contributed by atoms with E-state index in [0.29, 0.717) is 5.56 Å². The van der Waals surface area contributed by atoms with Crippen molar-refractivity contribution in [1.82, 2.24) is 9.78 Å². The zero-order chi connectivity index (χ0) is 18.8. The number of benzene rings is 1. The average molecular weight is 361 g/mol. The van der Waals surface area contributed by atoms with Gasteiger partial charge in [0, 0.05) is 24.4 Å². The molecule has 0 spiro atoms. The highest BCUT2D eigenvalue weighted by Crippen LogP contribution is 2.24. The summed E-state index contributed by atoms with van der Waals surface area (Å²) in [6, 6.07) is 5.71. The van der Waals surface area contributed by atoms with Gasteiger partial charge in [0.15, 0.2) is 5.70 Å². The molecular formula is C18H17F2N3O3. The third-order valence-electron chi connectivity index (χ3n) is 3.67. The van der Waals surface area contributed by atoms with Crippen LogP contribution in [0.4, 0.5) is 8.78 Å². The van der Waals surface area contributed by atoms with Crippen LogP contribution in [-0.2, 0) is 16.6 Å². The zero-order valence-electron chi connectivity index (χ0n) is 14.4. The number of carbonyl (C=O) groups is 1. The van der Waals surface area contributed by atoms with Crippen molar-refractivity contribution in [2.75, 3.05) is 0 Å². The Hall–Kier alpha value is -3.03. The molecule has 0 saturated heterocycles. The molecule has 8 heteroatoms. The number of aryl methyl sites for hydroxylation is 1. The fourth-order valence-electron chi connectivity index (χ4n) is 2.54. The summed E-state index contributed by atoms with van der Waals surface area (Å²) < 4.78 is 35.5. The molecule has 0 N–H and O–H groups in total. The molecule has 26 heavy (non-hydrogen) atoms. The fourth-order valence-corrected chi connectivity index (χ4v) is 2.54. The number of esters is 1. The van der Waals surface area contributed by atoms with Crippen LogP contribution in [0.3, 0.4) is 0 Å². The SMILES string of the molecule is CC(C)c1nn(C)cc1/C=C1/N=C(c2ccc(OC(F)F)cc2)OC1=O. The first-order valence-corrected chi connectivity index (χ1v) is 7.95. The van der Waals surface area contributed by atoms with Crippen LogP contribution < -0.4 is 4.74 Å². The third kappa shape index (κ3) is 3.79. The summed E-state index contributed by atoms with van der Waals surface area (Å²) in [5.74, 6) is -0.265. The third-order valence-corrected chi connectivity index (χ3v) is 3.67. The highest BCUT2D eigenvalue weighted by molar-refractivity contribution is 6.12. The van der Waals surface area contributed by atoms with Crippen LogP contribution in [0.2, 0.25) is 0 Å². The molecule has 1 aliphatic rings. The van der Waals surface area contributed by atoms with Crippen molar-refractivity contribution in [3.63, 3.8) is 0 Å². The van der Waals surface area contributed by atoms with Crippen molar-refractivity contribution >= 4 is 17.9 Å². The maximum Gasteiger partial charge on any atom is 0.387 e. The molecule has 0 fully saturated rings. The number of alkyl halides is 2. The van der Waals surface area contributed by atoms with Crippen LogP contribution in [0.25, 0.3) is 6.08 Å². The molecular weight excluding hydrogens is 344 g/mol. The van der Waals surface area contributed by atoms with Crippen molar-refractivity contribution in [2.45, 2.75) is 26.4 Å². The molecule has 2 heterocycles. The Bertz CT molecular complexity index is 884. The minimum absolute atomic E-state index is 0.0152. The molecule has 1 aromatic heterocycles. The molecule has 0 unspecified atom stereocenters. The van der Waals surface area contributed by atoms with E-state index in [9.17, 15) is 13.6 Å². The van der Waals surface area contributed by atoms with Gasteiger partial charge in [-0.25, -0.2) is 9.79 Å². The minimum atomic E-state index is -2.90. The normalized spacial score (nSPS) is 15.7. The van der Waals surface area contributed by atoms with E-state index in [1.165, 1.54) is 24.3 Å². The lowest BCUT2D eigenvalue weighted by Crippen LogP contribution is -2.06. The van der Waals surface area contributed by atoms with E-state index in [4.69, 9.17) is 4.74 Å². The van der Waals surface area contributed by atoms with Gasteiger partial charge in [-0.1, -0.05) is 13.8 Å². The highest BCUT2D eigenvalue weighted by Gasteiger charge is 2.25. The number of carbonyl (C=O) groups excluding carboxylic acids is 1. The summed E-state index contributed by atoms with van der Waals surface area (Å²) in [6.07, 6.45) is 3.44. The number of hydrogen-bond acceptors (Lipinski definition) is 5. The molecule has 0 bridgehead atoms. The predicted molar refractivity (Wildman–Crippen MR) is 91.0 cm³/mol. The van der Waals surface area contributed by atoms with Gasteiger partial charge in [-0.2, -0.15) is 13.9 Å². The topological polar surface area (TPSA) is 65.7 Å². The van der Waals surface area contributed by atoms with Crippen molar-refractivity contribution in [2.24, 2.45) is 12.0 Å². The standard InChI is InChI=1S/C18H17F2N3O3/c1-10(2)15-12(9-23(3)22-15)8-14-17(24)26-16(21-14)11-4-6-13(7-5-11)25-18(19)20/h4-10,18H,1-3H3/b14-8+. The zero-order valence-corrected chi connectivity index (χ0v) is 14.4. The molecule has 0 radical (unpaired) electrons. The Morgan fingerprint density at radius 2 is 1.92 bits per heavy atom. The van der Waals surface area contributed by atoms with E-state index < -0.39 is 12.6 Å².